The van der Waals surface area contributed by atoms with Gasteiger partial charge >= 0.3 is 15.6 Å². The van der Waals surface area contributed by atoms with Crippen LogP contribution in [0.25, 0.3) is 22.3 Å². The van der Waals surface area contributed by atoms with Gasteiger partial charge in [0, 0.05) is 0 Å². The zero-order valence-electron chi connectivity index (χ0n) is 23.2. The first kappa shape index (κ1) is 31.2. The van der Waals surface area contributed by atoms with E-state index in [0.717, 1.165) is 17.2 Å². The second kappa shape index (κ2) is 11.1. The number of aryl methyl sites for hydroxylation is 1. The summed E-state index contributed by atoms with van der Waals surface area (Å²) in [5, 5.41) is 22.3. The molecule has 0 spiro atoms. The molecule has 4 unspecified atom stereocenters. The number of ether oxygens (including phenoxy) is 2. The van der Waals surface area contributed by atoms with Crippen molar-refractivity contribution in [3.8, 4) is 0 Å². The van der Waals surface area contributed by atoms with E-state index >= 15 is 0 Å². The Hall–Kier alpha value is -3.44. The number of nitrogen functional groups attached to an aromatic ring is 1. The highest BCUT2D eigenvalue weighted by atomic mass is 31.2. The summed E-state index contributed by atoms with van der Waals surface area (Å²) < 4.78 is 60.8. The number of H-pyrrole nitrogens is 2. The lowest BCUT2D eigenvalue weighted by Gasteiger charge is -2.27. The van der Waals surface area contributed by atoms with Gasteiger partial charge in [-0.1, -0.05) is 0 Å². The summed E-state index contributed by atoms with van der Waals surface area (Å²) >= 11 is 0. The smallest absolute Gasteiger partial charge is 0.386 e. The fourth-order valence-corrected chi connectivity index (χ4v) is 7.41. The number of nitrogens with zero attached hydrogens (tertiary/aromatic N) is 6. The first-order valence-corrected chi connectivity index (χ1v) is 16.3. The van der Waals surface area contributed by atoms with Gasteiger partial charge in [0.05, 0.1) is 25.9 Å². The third-order valence-electron chi connectivity index (χ3n) is 7.48. The van der Waals surface area contributed by atoms with Crippen molar-refractivity contribution in [2.75, 3.05) is 18.9 Å². The van der Waals surface area contributed by atoms with Gasteiger partial charge in [0.2, 0.25) is 5.95 Å². The molecular formula is C21H25N9O14P2. The molecule has 3 aliphatic heterocycles. The quantitative estimate of drug-likeness (QED) is 0.109. The van der Waals surface area contributed by atoms with E-state index in [9.17, 15) is 38.7 Å². The number of aromatic nitrogens is 8. The number of aliphatic hydroxyl groups is 2. The average Bonchev–Trinajstić information content (AvgIpc) is 3.72. The largest absolute Gasteiger partial charge is 0.472 e. The zero-order valence-corrected chi connectivity index (χ0v) is 25.0. The Labute approximate surface area is 254 Å². The van der Waals surface area contributed by atoms with Gasteiger partial charge in [-0.15, -0.1) is 0 Å². The Balaban J connectivity index is 1.18. The summed E-state index contributed by atoms with van der Waals surface area (Å²) in [7, 11) is -10.2. The summed E-state index contributed by atoms with van der Waals surface area (Å²) in [6.07, 6.45) is -10.6. The van der Waals surface area contributed by atoms with E-state index < -0.39 is 89.1 Å². The number of hydrogen-bond acceptors (Lipinski definition) is 17. The molecule has 3 saturated heterocycles. The Morgan fingerprint density at radius 1 is 0.826 bits per heavy atom. The van der Waals surface area contributed by atoms with Crippen LogP contribution < -0.4 is 16.9 Å². The Morgan fingerprint density at radius 3 is 1.78 bits per heavy atom. The first-order chi connectivity index (χ1) is 21.7. The number of rotatable bonds is 2. The van der Waals surface area contributed by atoms with E-state index in [-0.39, 0.29) is 34.1 Å². The number of fused-ring (bicyclic) bond motifs is 4. The van der Waals surface area contributed by atoms with Crippen molar-refractivity contribution < 1.29 is 56.7 Å². The van der Waals surface area contributed by atoms with Crippen LogP contribution in [0.5, 0.6) is 0 Å². The maximum Gasteiger partial charge on any atom is 0.472 e. The van der Waals surface area contributed by atoms with Crippen LogP contribution in [-0.4, -0.2) is 109 Å². The molecule has 0 aliphatic carbocycles. The SMILES string of the molecule is Cc1nc2c(ncn2[C@@H]2O[C@@H]3COP(=O)(O)O[C@@H]4C(O)[C@H](n5cnc6c(=O)[nH]c(N)nc65)O[C@@H]4COP(=O)(O)OC3[C@@H]2O)c(=O)[nH]1. The lowest BCUT2D eigenvalue weighted by Crippen LogP contribution is -2.39. The fourth-order valence-electron chi connectivity index (χ4n) is 5.48. The van der Waals surface area contributed by atoms with Gasteiger partial charge in [0.1, 0.15) is 42.4 Å². The summed E-state index contributed by atoms with van der Waals surface area (Å²) in [5.41, 5.74) is 4.01. The summed E-state index contributed by atoms with van der Waals surface area (Å²) in [5.74, 6) is -0.0557. The molecule has 25 heteroatoms. The third kappa shape index (κ3) is 5.39. The lowest BCUT2D eigenvalue weighted by atomic mass is 10.1. The maximum absolute atomic E-state index is 13.1. The molecule has 7 heterocycles. The molecule has 0 bridgehead atoms. The molecule has 7 rings (SSSR count). The van der Waals surface area contributed by atoms with E-state index in [1.165, 1.54) is 11.5 Å². The van der Waals surface area contributed by atoms with Gasteiger partial charge in [-0.05, 0) is 6.92 Å². The van der Waals surface area contributed by atoms with Crippen LogP contribution in [0.15, 0.2) is 22.2 Å². The number of aromatic amines is 2. The number of aliphatic hydroxyl groups excluding tert-OH is 2. The van der Waals surface area contributed by atoms with Crippen LogP contribution in [-0.2, 0) is 36.7 Å². The molecule has 3 fully saturated rings. The molecule has 4 aromatic heterocycles. The topological polar surface area (TPSA) is 324 Å². The van der Waals surface area contributed by atoms with Gasteiger partial charge in [-0.3, -0.25) is 41.8 Å². The molecule has 4 aromatic rings. The van der Waals surface area contributed by atoms with Crippen molar-refractivity contribution in [1.82, 2.24) is 39.0 Å². The van der Waals surface area contributed by atoms with Crippen molar-refractivity contribution >= 4 is 43.9 Å². The molecule has 0 saturated carbocycles. The predicted molar refractivity (Wildman–Crippen MR) is 147 cm³/mol. The molecular weight excluding hydrogens is 664 g/mol. The Morgan fingerprint density at radius 2 is 1.28 bits per heavy atom. The van der Waals surface area contributed by atoms with E-state index in [2.05, 4.69) is 29.9 Å². The number of imidazole rings is 2. The number of anilines is 1. The van der Waals surface area contributed by atoms with Crippen LogP contribution >= 0.6 is 15.6 Å². The molecule has 10 atom stereocenters. The van der Waals surface area contributed by atoms with Crippen LogP contribution in [0, 0.1) is 6.92 Å². The summed E-state index contributed by atoms with van der Waals surface area (Å²) in [6.45, 7) is -0.192. The normalized spacial score (nSPS) is 37.2. The number of nitrogens with one attached hydrogen (secondary N) is 2. The van der Waals surface area contributed by atoms with Crippen LogP contribution in [0.3, 0.4) is 0 Å². The second-order valence-electron chi connectivity index (χ2n) is 10.5. The van der Waals surface area contributed by atoms with Gasteiger partial charge in [0.15, 0.2) is 34.8 Å². The van der Waals surface area contributed by atoms with Gasteiger partial charge in [-0.25, -0.2) is 24.1 Å². The highest BCUT2D eigenvalue weighted by molar-refractivity contribution is 7.47. The minimum atomic E-state index is -5.08. The molecule has 23 nitrogen and oxygen atoms in total. The molecule has 0 aromatic carbocycles. The monoisotopic (exact) mass is 689 g/mol. The van der Waals surface area contributed by atoms with Crippen LogP contribution in [0.1, 0.15) is 18.3 Å². The zero-order chi connectivity index (χ0) is 32.7. The van der Waals surface area contributed by atoms with Crippen molar-refractivity contribution in [1.29, 1.82) is 0 Å². The van der Waals surface area contributed by atoms with E-state index in [1.54, 1.807) is 0 Å². The number of phosphoric acid groups is 2. The van der Waals surface area contributed by atoms with Crippen LogP contribution in [0.2, 0.25) is 0 Å². The summed E-state index contributed by atoms with van der Waals surface area (Å²) in [6, 6.07) is 0. The lowest BCUT2D eigenvalue weighted by molar-refractivity contribution is -0.0664. The van der Waals surface area contributed by atoms with E-state index in [0.29, 0.717) is 0 Å². The van der Waals surface area contributed by atoms with Crippen molar-refractivity contribution in [3.63, 3.8) is 0 Å². The van der Waals surface area contributed by atoms with Crippen LogP contribution in [0.4, 0.5) is 5.95 Å². The van der Waals surface area contributed by atoms with E-state index in [4.69, 9.17) is 33.3 Å². The number of phosphoric ester groups is 2. The van der Waals surface area contributed by atoms with Gasteiger partial charge < -0.3 is 40.2 Å². The minimum absolute atomic E-state index is 0.00445. The molecule has 46 heavy (non-hydrogen) atoms. The molecule has 3 aliphatic rings. The van der Waals surface area contributed by atoms with Gasteiger partial charge in [-0.2, -0.15) is 4.98 Å². The second-order valence-corrected chi connectivity index (χ2v) is 13.3. The molecule has 0 amide bonds. The molecule has 0 radical (unpaired) electrons. The molecule has 8 N–H and O–H groups in total. The average molecular weight is 689 g/mol. The van der Waals surface area contributed by atoms with Crippen molar-refractivity contribution in [2.24, 2.45) is 0 Å². The highest BCUT2D eigenvalue weighted by Gasteiger charge is 2.54. The van der Waals surface area contributed by atoms with Crippen molar-refractivity contribution in [3.05, 3.63) is 39.2 Å². The standard InChI is InChI=1S/C21H25N9O14P2/c1-6-25-15-9(17(33)26-6)23-4-29(15)19-11(31)13-7(41-19)2-39-46(37,38)44-14-8(3-40-45(35,36)43-13)42-20(12(14)32)30-5-24-10-16(30)27-21(22)28-18(10)34/h4-5,7-8,11-14,19-20,31-32H,2-3H2,1H3,(H,35,36)(H,37,38)(H,25,26,33)(H3,22,27,28,34)/t7-,8-,11+,12?,13?,14+,19-,20-/m1/s1. The predicted octanol–water partition coefficient (Wildman–Crippen LogP) is -2.32. The first-order valence-electron chi connectivity index (χ1n) is 13.4. The molecule has 248 valence electrons. The third-order valence-corrected chi connectivity index (χ3v) is 9.45. The Kier molecular flexibility index (Phi) is 7.51. The number of nitrogens with two attached hydrogens (primary N) is 1. The fraction of sp³-hybridized carbons (Fsp3) is 0.524. The van der Waals surface area contributed by atoms with Gasteiger partial charge in [0.25, 0.3) is 11.1 Å². The number of hydrogen-bond donors (Lipinski definition) is 7. The van der Waals surface area contributed by atoms with Crippen molar-refractivity contribution in [2.45, 2.75) is 56.0 Å². The van der Waals surface area contributed by atoms with E-state index in [1.807, 2.05) is 0 Å². The summed E-state index contributed by atoms with van der Waals surface area (Å²) in [4.78, 5) is 66.6. The maximum atomic E-state index is 13.1. The Bertz CT molecular complexity index is 1900. The highest BCUT2D eigenvalue weighted by Crippen LogP contribution is 2.53. The minimum Gasteiger partial charge on any atom is -0.386 e.